The number of aromatic nitrogens is 3. The van der Waals surface area contributed by atoms with E-state index >= 15 is 0 Å². The molecule has 5 nitrogen and oxygen atoms in total. The molecule has 0 radical (unpaired) electrons. The van der Waals surface area contributed by atoms with Gasteiger partial charge in [-0.25, -0.2) is 9.37 Å². The largest absolute Gasteiger partial charge is 0.337 e. The minimum atomic E-state index is -0.411. The second kappa shape index (κ2) is 4.21. The van der Waals surface area contributed by atoms with Gasteiger partial charge in [-0.15, -0.1) is 0 Å². The highest BCUT2D eigenvalue weighted by atomic mass is 19.1. The van der Waals surface area contributed by atoms with E-state index in [0.717, 1.165) is 6.20 Å². The van der Waals surface area contributed by atoms with Gasteiger partial charge in [0.1, 0.15) is 11.5 Å². The first-order valence-electron chi connectivity index (χ1n) is 5.18. The molecule has 2 aromatic rings. The highest BCUT2D eigenvalue weighted by Gasteiger charge is 2.25. The lowest BCUT2D eigenvalue weighted by Gasteiger charge is -2.17. The molecule has 0 aliphatic carbocycles. The van der Waals surface area contributed by atoms with Crippen LogP contribution in [0.3, 0.4) is 0 Å². The summed E-state index contributed by atoms with van der Waals surface area (Å²) < 4.78 is 17.9. The van der Waals surface area contributed by atoms with Gasteiger partial charge in [0, 0.05) is 0 Å². The molecule has 0 aliphatic rings. The van der Waals surface area contributed by atoms with Crippen LogP contribution in [0.4, 0.5) is 4.39 Å². The Morgan fingerprint density at radius 3 is 2.71 bits per heavy atom. The number of pyridine rings is 1. The van der Waals surface area contributed by atoms with Gasteiger partial charge >= 0.3 is 0 Å². The molecule has 17 heavy (non-hydrogen) atoms. The van der Waals surface area contributed by atoms with Gasteiger partial charge in [-0.3, -0.25) is 0 Å². The molecule has 0 atom stereocenters. The molecule has 1 N–H and O–H groups in total. The van der Waals surface area contributed by atoms with Gasteiger partial charge < -0.3 is 9.84 Å². The second-order valence-electron chi connectivity index (χ2n) is 4.16. The number of nitrogens with one attached hydrogen (secondary N) is 1. The number of hydrogen-bond acceptors (Lipinski definition) is 5. The summed E-state index contributed by atoms with van der Waals surface area (Å²) >= 11 is 0. The summed E-state index contributed by atoms with van der Waals surface area (Å²) in [5.41, 5.74) is 0.0685. The topological polar surface area (TPSA) is 63.8 Å². The summed E-state index contributed by atoms with van der Waals surface area (Å²) in [4.78, 5) is 8.12. The second-order valence-corrected chi connectivity index (χ2v) is 4.16. The molecular formula is C11H13FN4O. The van der Waals surface area contributed by atoms with Crippen molar-refractivity contribution in [2.45, 2.75) is 19.4 Å². The highest BCUT2D eigenvalue weighted by Crippen LogP contribution is 2.20. The number of nitrogens with zero attached hydrogens (tertiary/aromatic N) is 3. The Hall–Kier alpha value is -1.82. The Morgan fingerprint density at radius 1 is 1.35 bits per heavy atom. The monoisotopic (exact) mass is 236 g/mol. The van der Waals surface area contributed by atoms with Gasteiger partial charge in [0.25, 0.3) is 0 Å². The van der Waals surface area contributed by atoms with Crippen LogP contribution >= 0.6 is 0 Å². The zero-order valence-corrected chi connectivity index (χ0v) is 9.86. The van der Waals surface area contributed by atoms with Crippen LogP contribution < -0.4 is 5.32 Å². The Balaban J connectivity index is 2.33. The van der Waals surface area contributed by atoms with Crippen LogP contribution in [0.1, 0.15) is 19.7 Å². The predicted molar refractivity (Wildman–Crippen MR) is 59.6 cm³/mol. The zero-order chi connectivity index (χ0) is 12.5. The minimum Gasteiger partial charge on any atom is -0.337 e. The molecule has 2 heterocycles. The van der Waals surface area contributed by atoms with Crippen LogP contribution in [0.25, 0.3) is 11.5 Å². The van der Waals surface area contributed by atoms with Crippen LogP contribution in [0.2, 0.25) is 0 Å². The summed E-state index contributed by atoms with van der Waals surface area (Å²) in [6, 6.07) is 2.82. The standard InChI is InChI=1S/C11H13FN4O/c1-11(2,13-3)10-15-9(16-17-10)8-5-4-7(12)6-14-8/h4-6,13H,1-3H3. The van der Waals surface area contributed by atoms with E-state index in [-0.39, 0.29) is 0 Å². The van der Waals surface area contributed by atoms with Gasteiger partial charge in [-0.05, 0) is 33.0 Å². The lowest BCUT2D eigenvalue weighted by atomic mass is 10.1. The van der Waals surface area contributed by atoms with Gasteiger partial charge in [-0.1, -0.05) is 5.16 Å². The molecule has 0 amide bonds. The van der Waals surface area contributed by atoms with E-state index in [1.165, 1.54) is 12.1 Å². The predicted octanol–water partition coefficient (Wildman–Crippen LogP) is 1.73. The minimum absolute atomic E-state index is 0.350. The molecule has 0 unspecified atom stereocenters. The third kappa shape index (κ3) is 2.31. The first-order valence-corrected chi connectivity index (χ1v) is 5.18. The summed E-state index contributed by atoms with van der Waals surface area (Å²) in [5.74, 6) is 0.414. The third-order valence-corrected chi connectivity index (χ3v) is 2.54. The molecule has 0 saturated heterocycles. The Bertz CT molecular complexity index is 506. The van der Waals surface area contributed by atoms with Crippen LogP contribution in [0.5, 0.6) is 0 Å². The summed E-state index contributed by atoms with van der Waals surface area (Å²) in [6.45, 7) is 3.84. The zero-order valence-electron chi connectivity index (χ0n) is 9.86. The first kappa shape index (κ1) is 11.7. The molecule has 90 valence electrons. The number of hydrogen-bond donors (Lipinski definition) is 1. The quantitative estimate of drug-likeness (QED) is 0.879. The average Bonchev–Trinajstić information content (AvgIpc) is 2.80. The maximum Gasteiger partial charge on any atom is 0.246 e. The summed E-state index contributed by atoms with van der Waals surface area (Å²) in [5, 5.41) is 6.87. The van der Waals surface area contributed by atoms with Crippen molar-refractivity contribution in [1.29, 1.82) is 0 Å². The maximum absolute atomic E-state index is 12.7. The fraction of sp³-hybridized carbons (Fsp3) is 0.364. The van der Waals surface area contributed by atoms with Gasteiger partial charge in [0.05, 0.1) is 11.7 Å². The van der Waals surface area contributed by atoms with Crippen LogP contribution in [0, 0.1) is 5.82 Å². The van der Waals surface area contributed by atoms with Crippen molar-refractivity contribution in [1.82, 2.24) is 20.4 Å². The normalized spacial score (nSPS) is 11.8. The van der Waals surface area contributed by atoms with Crippen molar-refractivity contribution in [2.24, 2.45) is 0 Å². The van der Waals surface area contributed by atoms with Crippen molar-refractivity contribution in [2.75, 3.05) is 7.05 Å². The molecule has 0 saturated carbocycles. The maximum atomic E-state index is 12.7. The summed E-state index contributed by atoms with van der Waals surface area (Å²) in [6.07, 6.45) is 1.12. The summed E-state index contributed by atoms with van der Waals surface area (Å²) in [7, 11) is 1.81. The lowest BCUT2D eigenvalue weighted by molar-refractivity contribution is 0.281. The van der Waals surface area contributed by atoms with Crippen molar-refractivity contribution >= 4 is 0 Å². The van der Waals surface area contributed by atoms with Gasteiger partial charge in [-0.2, -0.15) is 4.98 Å². The molecule has 2 aromatic heterocycles. The Labute approximate surface area is 98.1 Å². The molecule has 0 fully saturated rings. The number of rotatable bonds is 3. The van der Waals surface area contributed by atoms with Crippen molar-refractivity contribution in [3.8, 4) is 11.5 Å². The Kier molecular flexibility index (Phi) is 2.89. The average molecular weight is 236 g/mol. The van der Waals surface area contributed by atoms with E-state index in [9.17, 15) is 4.39 Å². The first-order chi connectivity index (χ1) is 8.03. The fourth-order valence-corrected chi connectivity index (χ4v) is 1.20. The molecule has 2 rings (SSSR count). The molecular weight excluding hydrogens is 223 g/mol. The van der Waals surface area contributed by atoms with Crippen molar-refractivity contribution < 1.29 is 8.91 Å². The van der Waals surface area contributed by atoms with Crippen LogP contribution in [0.15, 0.2) is 22.9 Å². The van der Waals surface area contributed by atoms with Crippen LogP contribution in [-0.2, 0) is 5.54 Å². The van der Waals surface area contributed by atoms with Crippen molar-refractivity contribution in [3.63, 3.8) is 0 Å². The van der Waals surface area contributed by atoms with E-state index in [1.807, 2.05) is 13.8 Å². The molecule has 0 aromatic carbocycles. The van der Waals surface area contributed by atoms with Gasteiger partial charge in [0.15, 0.2) is 0 Å². The molecule has 0 aliphatic heterocycles. The van der Waals surface area contributed by atoms with E-state index < -0.39 is 11.4 Å². The van der Waals surface area contributed by atoms with Gasteiger partial charge in [0.2, 0.25) is 11.7 Å². The van der Waals surface area contributed by atoms with Crippen molar-refractivity contribution in [3.05, 3.63) is 30.0 Å². The number of halogens is 1. The van der Waals surface area contributed by atoms with E-state index in [2.05, 4.69) is 20.4 Å². The molecule has 0 spiro atoms. The fourth-order valence-electron chi connectivity index (χ4n) is 1.20. The highest BCUT2D eigenvalue weighted by molar-refractivity contribution is 5.47. The lowest BCUT2D eigenvalue weighted by Crippen LogP contribution is -2.33. The third-order valence-electron chi connectivity index (χ3n) is 2.54. The Morgan fingerprint density at radius 2 is 2.12 bits per heavy atom. The molecule has 0 bridgehead atoms. The van der Waals surface area contributed by atoms with E-state index in [4.69, 9.17) is 4.52 Å². The van der Waals surface area contributed by atoms with E-state index in [1.54, 1.807) is 7.05 Å². The van der Waals surface area contributed by atoms with Crippen LogP contribution in [-0.4, -0.2) is 22.2 Å². The smallest absolute Gasteiger partial charge is 0.246 e. The SMILES string of the molecule is CNC(C)(C)c1nc(-c2ccc(F)cn2)no1. The molecule has 6 heteroatoms. The van der Waals surface area contributed by atoms with E-state index in [0.29, 0.717) is 17.4 Å².